The maximum Gasteiger partial charge on any atom is 0.410 e. The Kier molecular flexibility index (Phi) is 5.35. The van der Waals surface area contributed by atoms with E-state index in [1.165, 1.54) is 0 Å². The van der Waals surface area contributed by atoms with Gasteiger partial charge in [0.2, 0.25) is 0 Å². The van der Waals surface area contributed by atoms with Gasteiger partial charge in [0, 0.05) is 26.2 Å². The zero-order chi connectivity index (χ0) is 16.4. The molecule has 0 bridgehead atoms. The summed E-state index contributed by atoms with van der Waals surface area (Å²) in [5.74, 6) is 0. The van der Waals surface area contributed by atoms with Crippen LogP contribution < -0.4 is 5.73 Å². The van der Waals surface area contributed by atoms with Crippen molar-refractivity contribution in [3.8, 4) is 0 Å². The van der Waals surface area contributed by atoms with Crippen LogP contribution in [0.3, 0.4) is 0 Å². The summed E-state index contributed by atoms with van der Waals surface area (Å²) in [7, 11) is 0. The van der Waals surface area contributed by atoms with Crippen molar-refractivity contribution in [3.05, 3.63) is 0 Å². The maximum absolute atomic E-state index is 12.0. The van der Waals surface area contributed by atoms with Gasteiger partial charge < -0.3 is 20.5 Å². The van der Waals surface area contributed by atoms with Gasteiger partial charge in [-0.3, -0.25) is 4.90 Å². The first kappa shape index (κ1) is 17.5. The van der Waals surface area contributed by atoms with Gasteiger partial charge in [0.15, 0.2) is 0 Å². The van der Waals surface area contributed by atoms with Gasteiger partial charge in [0.1, 0.15) is 5.60 Å². The van der Waals surface area contributed by atoms with Crippen molar-refractivity contribution in [3.63, 3.8) is 0 Å². The molecule has 3 N–H and O–H groups in total. The van der Waals surface area contributed by atoms with Crippen molar-refractivity contribution in [2.45, 2.75) is 51.7 Å². The highest BCUT2D eigenvalue weighted by molar-refractivity contribution is 5.68. The first-order valence-corrected chi connectivity index (χ1v) is 8.31. The standard InChI is InChI=1S/C16H31N3O3/c1-15(2,3)22-14(21)19-8-6-18(7-9-19)5-4-16(12-17)10-13(20)11-16/h13,20H,4-12,17H2,1-3H3. The molecule has 2 fully saturated rings. The molecule has 0 unspecified atom stereocenters. The molecule has 0 aromatic rings. The summed E-state index contributed by atoms with van der Waals surface area (Å²) >= 11 is 0. The Morgan fingerprint density at radius 3 is 2.32 bits per heavy atom. The number of ether oxygens (including phenoxy) is 1. The first-order chi connectivity index (χ1) is 10.2. The van der Waals surface area contributed by atoms with Gasteiger partial charge in [0.25, 0.3) is 0 Å². The van der Waals surface area contributed by atoms with Crippen LogP contribution in [0.4, 0.5) is 4.79 Å². The second-order valence-electron chi connectivity index (χ2n) is 7.83. The number of aliphatic hydroxyl groups is 1. The third-order valence-electron chi connectivity index (χ3n) is 4.75. The van der Waals surface area contributed by atoms with Gasteiger partial charge in [-0.05, 0) is 58.5 Å². The number of piperazine rings is 1. The summed E-state index contributed by atoms with van der Waals surface area (Å²) in [6.07, 6.45) is 2.33. The third kappa shape index (κ3) is 4.57. The van der Waals surface area contributed by atoms with Crippen molar-refractivity contribution >= 4 is 6.09 Å². The molecule has 0 aromatic carbocycles. The molecule has 1 aliphatic heterocycles. The Morgan fingerprint density at radius 2 is 1.86 bits per heavy atom. The summed E-state index contributed by atoms with van der Waals surface area (Å²) in [5, 5.41) is 9.51. The Labute approximate surface area is 133 Å². The van der Waals surface area contributed by atoms with Crippen molar-refractivity contribution in [1.82, 2.24) is 9.80 Å². The van der Waals surface area contributed by atoms with Crippen LogP contribution >= 0.6 is 0 Å². The summed E-state index contributed by atoms with van der Waals surface area (Å²) in [5.41, 5.74) is 5.57. The molecule has 1 saturated carbocycles. The van der Waals surface area contributed by atoms with E-state index in [9.17, 15) is 9.90 Å². The molecule has 1 aliphatic carbocycles. The fourth-order valence-corrected chi connectivity index (χ4v) is 3.29. The average Bonchev–Trinajstić information content (AvgIpc) is 2.41. The molecule has 0 aromatic heterocycles. The third-order valence-corrected chi connectivity index (χ3v) is 4.75. The largest absolute Gasteiger partial charge is 0.444 e. The number of nitrogens with zero attached hydrogens (tertiary/aromatic N) is 2. The SMILES string of the molecule is CC(C)(C)OC(=O)N1CCN(CCC2(CN)CC(O)C2)CC1. The van der Waals surface area contributed by atoms with Gasteiger partial charge in [0.05, 0.1) is 6.10 Å². The zero-order valence-electron chi connectivity index (χ0n) is 14.2. The Balaban J connectivity index is 1.70. The minimum absolute atomic E-state index is 0.141. The lowest BCUT2D eigenvalue weighted by Gasteiger charge is -2.46. The van der Waals surface area contributed by atoms with E-state index in [0.717, 1.165) is 38.9 Å². The van der Waals surface area contributed by atoms with Crippen molar-refractivity contribution < 1.29 is 14.6 Å². The Morgan fingerprint density at radius 1 is 1.27 bits per heavy atom. The van der Waals surface area contributed by atoms with Crippen LogP contribution in [-0.4, -0.2) is 72.0 Å². The van der Waals surface area contributed by atoms with Crippen molar-refractivity contribution in [2.24, 2.45) is 11.1 Å². The molecule has 0 atom stereocenters. The highest BCUT2D eigenvalue weighted by Gasteiger charge is 2.42. The van der Waals surface area contributed by atoms with Crippen LogP contribution in [0.1, 0.15) is 40.0 Å². The van der Waals surface area contributed by atoms with E-state index in [2.05, 4.69) is 4.90 Å². The predicted molar refractivity (Wildman–Crippen MR) is 85.6 cm³/mol. The summed E-state index contributed by atoms with van der Waals surface area (Å²) < 4.78 is 5.41. The molecule has 6 nitrogen and oxygen atoms in total. The molecule has 128 valence electrons. The molecule has 2 aliphatic rings. The molecule has 1 amide bonds. The minimum Gasteiger partial charge on any atom is -0.444 e. The van der Waals surface area contributed by atoms with E-state index >= 15 is 0 Å². The van der Waals surface area contributed by atoms with Crippen LogP contribution in [-0.2, 0) is 4.74 Å². The number of amides is 1. The van der Waals surface area contributed by atoms with Gasteiger partial charge >= 0.3 is 6.09 Å². The lowest BCUT2D eigenvalue weighted by molar-refractivity contribution is -0.0386. The molecule has 0 radical (unpaired) electrons. The molecule has 6 heteroatoms. The van der Waals surface area contributed by atoms with Crippen LogP contribution in [0, 0.1) is 5.41 Å². The summed E-state index contributed by atoms with van der Waals surface area (Å²) in [4.78, 5) is 16.2. The molecule has 22 heavy (non-hydrogen) atoms. The highest BCUT2D eigenvalue weighted by Crippen LogP contribution is 2.43. The zero-order valence-corrected chi connectivity index (χ0v) is 14.2. The number of carbonyl (C=O) groups is 1. The second-order valence-corrected chi connectivity index (χ2v) is 7.83. The van der Waals surface area contributed by atoms with Crippen LogP contribution in [0.15, 0.2) is 0 Å². The number of rotatable bonds is 4. The Bertz CT molecular complexity index is 381. The lowest BCUT2D eigenvalue weighted by atomic mass is 9.65. The molecule has 2 rings (SSSR count). The summed E-state index contributed by atoms with van der Waals surface area (Å²) in [6, 6.07) is 0. The van der Waals surface area contributed by atoms with E-state index in [0.29, 0.717) is 19.6 Å². The van der Waals surface area contributed by atoms with E-state index in [4.69, 9.17) is 10.5 Å². The van der Waals surface area contributed by atoms with Gasteiger partial charge in [-0.2, -0.15) is 0 Å². The van der Waals surface area contributed by atoms with Crippen molar-refractivity contribution in [1.29, 1.82) is 0 Å². The minimum atomic E-state index is -0.438. The van der Waals surface area contributed by atoms with Gasteiger partial charge in [-0.1, -0.05) is 0 Å². The highest BCUT2D eigenvalue weighted by atomic mass is 16.6. The summed E-state index contributed by atoms with van der Waals surface area (Å²) in [6.45, 7) is 10.5. The smallest absolute Gasteiger partial charge is 0.410 e. The molecule has 1 heterocycles. The average molecular weight is 313 g/mol. The molecule has 1 saturated heterocycles. The maximum atomic E-state index is 12.0. The monoisotopic (exact) mass is 313 g/mol. The van der Waals surface area contributed by atoms with Crippen LogP contribution in [0.5, 0.6) is 0 Å². The quantitative estimate of drug-likeness (QED) is 0.810. The van der Waals surface area contributed by atoms with E-state index in [-0.39, 0.29) is 17.6 Å². The van der Waals surface area contributed by atoms with E-state index in [1.807, 2.05) is 20.8 Å². The van der Waals surface area contributed by atoms with Gasteiger partial charge in [-0.25, -0.2) is 4.79 Å². The fourth-order valence-electron chi connectivity index (χ4n) is 3.29. The van der Waals surface area contributed by atoms with Crippen LogP contribution in [0.25, 0.3) is 0 Å². The van der Waals surface area contributed by atoms with Crippen LogP contribution in [0.2, 0.25) is 0 Å². The molecular formula is C16H31N3O3. The number of aliphatic hydroxyl groups excluding tert-OH is 1. The van der Waals surface area contributed by atoms with Crippen molar-refractivity contribution in [2.75, 3.05) is 39.3 Å². The lowest BCUT2D eigenvalue weighted by Crippen LogP contribution is -2.52. The number of carbonyl (C=O) groups excluding carboxylic acids is 1. The molecular weight excluding hydrogens is 282 g/mol. The topological polar surface area (TPSA) is 79.0 Å². The first-order valence-electron chi connectivity index (χ1n) is 8.31. The van der Waals surface area contributed by atoms with E-state index < -0.39 is 5.60 Å². The normalized spacial score (nSPS) is 30.0. The van der Waals surface area contributed by atoms with E-state index in [1.54, 1.807) is 4.90 Å². The predicted octanol–water partition coefficient (Wildman–Crippen LogP) is 1.03. The number of hydrogen-bond donors (Lipinski definition) is 2. The fraction of sp³-hybridized carbons (Fsp3) is 0.938. The molecule has 0 spiro atoms. The van der Waals surface area contributed by atoms with Gasteiger partial charge in [-0.15, -0.1) is 0 Å². The number of nitrogens with two attached hydrogens (primary N) is 1. The Hall–Kier alpha value is -0.850. The second kappa shape index (κ2) is 6.72. The number of hydrogen-bond acceptors (Lipinski definition) is 5.